The van der Waals surface area contributed by atoms with Gasteiger partial charge in [0.2, 0.25) is 12.2 Å². The number of nitrogens with two attached hydrogens (primary N) is 1. The van der Waals surface area contributed by atoms with E-state index in [1.165, 1.54) is 49.1 Å². The van der Waals surface area contributed by atoms with Gasteiger partial charge in [0, 0.05) is 18.1 Å². The Kier molecular flexibility index (Phi) is 12.2. The third-order valence-electron chi connectivity index (χ3n) is 6.48. The first-order valence-corrected chi connectivity index (χ1v) is 15.2. The van der Waals surface area contributed by atoms with Crippen LogP contribution in [0.5, 0.6) is 0 Å². The van der Waals surface area contributed by atoms with E-state index in [1.807, 2.05) is 0 Å². The highest BCUT2D eigenvalue weighted by atomic mass is 35.5. The lowest BCUT2D eigenvalue weighted by Crippen LogP contribution is -2.70. The van der Waals surface area contributed by atoms with E-state index in [4.69, 9.17) is 24.8 Å². The molecule has 236 valence electrons. The van der Waals surface area contributed by atoms with E-state index >= 15 is 0 Å². The van der Waals surface area contributed by atoms with Crippen molar-refractivity contribution < 1.29 is 43.0 Å². The van der Waals surface area contributed by atoms with Crippen LogP contribution >= 0.6 is 35.5 Å². The Morgan fingerprint density at radius 2 is 1.88 bits per heavy atom. The number of rotatable bonds is 10. The lowest BCUT2D eigenvalue weighted by Gasteiger charge is -2.48. The topological polar surface area (TPSA) is 201 Å². The fourth-order valence-corrected chi connectivity index (χ4v) is 6.30. The van der Waals surface area contributed by atoms with Gasteiger partial charge >= 0.3 is 12.1 Å². The van der Waals surface area contributed by atoms with Crippen LogP contribution in [0.3, 0.4) is 0 Å². The maximum absolute atomic E-state index is 13.1. The maximum Gasteiger partial charge on any atom is 0.511 e. The van der Waals surface area contributed by atoms with Gasteiger partial charge in [0.05, 0.1) is 6.04 Å². The highest BCUT2D eigenvalue weighted by Gasteiger charge is 2.53. The molecule has 0 radical (unpaired) electrons. The predicted octanol–water partition coefficient (Wildman–Crippen LogP) is 1.86. The number of hydrogen-bond acceptors (Lipinski definition) is 14. The molecule has 3 aliphatic rings. The molecule has 3 amide bonds. The first-order valence-electron chi connectivity index (χ1n) is 13.3. The largest absolute Gasteiger partial charge is 0.511 e. The van der Waals surface area contributed by atoms with Crippen molar-refractivity contribution in [2.45, 2.75) is 75.8 Å². The molecule has 3 heterocycles. The molecule has 18 heteroatoms. The van der Waals surface area contributed by atoms with E-state index in [9.17, 15) is 24.0 Å². The van der Waals surface area contributed by atoms with Crippen molar-refractivity contribution >= 4 is 76.2 Å². The summed E-state index contributed by atoms with van der Waals surface area (Å²) in [5.41, 5.74) is 5.42. The van der Waals surface area contributed by atoms with Crippen LogP contribution in [0.4, 0.5) is 9.93 Å². The van der Waals surface area contributed by atoms with E-state index in [1.54, 1.807) is 0 Å². The zero-order chi connectivity index (χ0) is 30.4. The smallest absolute Gasteiger partial charge is 0.431 e. The molecule has 4 rings (SSSR count). The van der Waals surface area contributed by atoms with Crippen molar-refractivity contribution in [3.05, 3.63) is 22.8 Å². The minimum Gasteiger partial charge on any atom is -0.431 e. The minimum atomic E-state index is -1.25. The summed E-state index contributed by atoms with van der Waals surface area (Å²) >= 11 is 2.38. The highest BCUT2D eigenvalue weighted by Crippen LogP contribution is 2.38. The molecular weight excluding hydrogens is 628 g/mol. The van der Waals surface area contributed by atoms with Gasteiger partial charge in [-0.15, -0.1) is 35.5 Å². The fraction of sp³-hybridized carbons (Fsp3) is 0.560. The molecule has 43 heavy (non-hydrogen) atoms. The van der Waals surface area contributed by atoms with Gasteiger partial charge in [-0.2, -0.15) is 0 Å². The van der Waals surface area contributed by atoms with Gasteiger partial charge in [0.25, 0.3) is 11.8 Å². The Morgan fingerprint density at radius 1 is 1.16 bits per heavy atom. The number of carbonyl (C=O) groups excluding carboxylic acids is 5. The number of nitrogens with zero attached hydrogens (tertiary/aromatic N) is 3. The summed E-state index contributed by atoms with van der Waals surface area (Å²) in [6, 6.07) is -1.74. The van der Waals surface area contributed by atoms with Gasteiger partial charge in [-0.05, 0) is 38.7 Å². The number of ether oxygens (including phenoxy) is 3. The molecule has 1 aliphatic carbocycles. The summed E-state index contributed by atoms with van der Waals surface area (Å²) in [4.78, 5) is 73.1. The fourth-order valence-electron chi connectivity index (χ4n) is 4.41. The van der Waals surface area contributed by atoms with Gasteiger partial charge in [-0.25, -0.2) is 14.6 Å². The van der Waals surface area contributed by atoms with Crippen LogP contribution < -0.4 is 16.4 Å². The summed E-state index contributed by atoms with van der Waals surface area (Å²) in [6.07, 6.45) is 3.71. The number of nitrogens with one attached hydrogen (secondary N) is 2. The van der Waals surface area contributed by atoms with Gasteiger partial charge < -0.3 is 35.4 Å². The maximum atomic E-state index is 13.1. The van der Waals surface area contributed by atoms with Crippen molar-refractivity contribution in [1.29, 1.82) is 0 Å². The van der Waals surface area contributed by atoms with E-state index in [-0.39, 0.29) is 40.7 Å². The average Bonchev–Trinajstić information content (AvgIpc) is 3.41. The molecule has 1 saturated carbocycles. The third kappa shape index (κ3) is 8.36. The number of halogens is 1. The standard InChI is InChI=1S/C25H32N6O9S2.ClH/c1-12(26)19(32)29-24-27-15(11-42-24)17(30-37-3)20(33)28-18-21(34)31-16(9-10-41-22(18)31)23(35)38-13(2)39-25(36)40-14-7-5-4-6-8-14;/h9,11-14,18,22H,4-8,10,26H2,1-3H3,(H,28,33)(H,27,29,32);1H/t12-,13?,18?,22+;/m0./s1. The van der Waals surface area contributed by atoms with Crippen molar-refractivity contribution in [3.63, 3.8) is 0 Å². The molecule has 4 atom stereocenters. The number of esters is 1. The number of fused-ring (bicyclic) bond motifs is 1. The normalized spacial score (nSPS) is 21.5. The number of thioether (sulfide) groups is 1. The van der Waals surface area contributed by atoms with Crippen molar-refractivity contribution in [1.82, 2.24) is 15.2 Å². The van der Waals surface area contributed by atoms with Gasteiger partial charge in [0.1, 0.15) is 36.0 Å². The molecule has 0 bridgehead atoms. The van der Waals surface area contributed by atoms with E-state index < -0.39 is 53.6 Å². The second-order valence-corrected chi connectivity index (χ2v) is 11.6. The predicted molar refractivity (Wildman–Crippen MR) is 158 cm³/mol. The number of amides is 3. The van der Waals surface area contributed by atoms with Crippen LogP contribution in [0.1, 0.15) is 51.6 Å². The van der Waals surface area contributed by atoms with Gasteiger partial charge in [-0.1, -0.05) is 11.6 Å². The second kappa shape index (κ2) is 15.4. The zero-order valence-corrected chi connectivity index (χ0v) is 26.1. The monoisotopic (exact) mass is 660 g/mol. The quantitative estimate of drug-likeness (QED) is 0.108. The van der Waals surface area contributed by atoms with Crippen LogP contribution in [0.15, 0.2) is 22.3 Å². The molecule has 2 aliphatic heterocycles. The molecule has 1 aromatic rings. The number of aromatic nitrogens is 1. The van der Waals surface area contributed by atoms with Crippen LogP contribution in [0, 0.1) is 0 Å². The van der Waals surface area contributed by atoms with Crippen LogP contribution in [0.25, 0.3) is 0 Å². The zero-order valence-electron chi connectivity index (χ0n) is 23.6. The summed E-state index contributed by atoms with van der Waals surface area (Å²) < 4.78 is 15.6. The molecular formula is C25H33ClN6O9S2. The van der Waals surface area contributed by atoms with Crippen LogP contribution in [-0.2, 0) is 38.2 Å². The SMILES string of the molecule is CON=C(C(=O)NC1C(=O)N2C(C(=O)OC(C)OC(=O)OC3CCCCC3)=CCS[C@H]12)c1csc(NC(=O)[C@H](C)N)n1.Cl. The Hall–Kier alpha value is -3.41. The number of carbonyl (C=O) groups is 5. The van der Waals surface area contributed by atoms with Crippen molar-refractivity contribution in [2.75, 3.05) is 18.2 Å². The van der Waals surface area contributed by atoms with Crippen molar-refractivity contribution in [3.8, 4) is 0 Å². The first kappa shape index (κ1) is 34.1. The molecule has 0 spiro atoms. The number of thiazole rings is 1. The Bertz CT molecular complexity index is 1280. The van der Waals surface area contributed by atoms with E-state index in [0.29, 0.717) is 5.75 Å². The molecule has 0 aromatic carbocycles. The summed E-state index contributed by atoms with van der Waals surface area (Å²) in [7, 11) is 1.24. The minimum absolute atomic E-state index is 0. The Labute approximate surface area is 261 Å². The number of oxime groups is 1. The lowest BCUT2D eigenvalue weighted by atomic mass is 9.98. The summed E-state index contributed by atoms with van der Waals surface area (Å²) in [5, 5.41) is 9.98. The average molecular weight is 661 g/mol. The number of β-lactam (4-membered cyclic amide) rings is 1. The molecule has 2 fully saturated rings. The molecule has 4 N–H and O–H groups in total. The van der Waals surface area contributed by atoms with Crippen LogP contribution in [0.2, 0.25) is 0 Å². The van der Waals surface area contributed by atoms with Gasteiger partial charge in [-0.3, -0.25) is 19.3 Å². The Morgan fingerprint density at radius 3 is 2.56 bits per heavy atom. The molecule has 1 aromatic heterocycles. The summed E-state index contributed by atoms with van der Waals surface area (Å²) in [6.45, 7) is 2.89. The first-order chi connectivity index (χ1) is 20.1. The Balaban J connectivity index is 0.00000506. The third-order valence-corrected chi connectivity index (χ3v) is 8.42. The lowest BCUT2D eigenvalue weighted by molar-refractivity contribution is -0.169. The van der Waals surface area contributed by atoms with Crippen LogP contribution in [-0.4, -0.2) is 88.2 Å². The van der Waals surface area contributed by atoms with Crippen molar-refractivity contribution in [2.24, 2.45) is 10.9 Å². The van der Waals surface area contributed by atoms with Gasteiger partial charge in [0.15, 0.2) is 10.8 Å². The number of anilines is 1. The molecule has 1 saturated heterocycles. The highest BCUT2D eigenvalue weighted by molar-refractivity contribution is 8.00. The molecule has 2 unspecified atom stereocenters. The molecule has 15 nitrogen and oxygen atoms in total. The summed E-state index contributed by atoms with van der Waals surface area (Å²) in [5.74, 6) is -2.25. The second-order valence-electron chi connectivity index (χ2n) is 9.63. The number of hydrogen-bond donors (Lipinski definition) is 3. The van der Waals surface area contributed by atoms with E-state index in [2.05, 4.69) is 20.8 Å². The van der Waals surface area contributed by atoms with E-state index in [0.717, 1.165) is 43.4 Å².